The molecule has 4 heteroatoms. The van der Waals surface area contributed by atoms with E-state index in [1.54, 1.807) is 17.0 Å². The summed E-state index contributed by atoms with van der Waals surface area (Å²) in [6.45, 7) is 5.90. The first-order valence-electron chi connectivity index (χ1n) is 5.94. The van der Waals surface area contributed by atoms with E-state index in [0.717, 1.165) is 19.5 Å². The predicted octanol–water partition coefficient (Wildman–Crippen LogP) is 1.87. The number of hydrogen-bond acceptors (Lipinski definition) is 3. The zero-order valence-electron chi connectivity index (χ0n) is 9.99. The van der Waals surface area contributed by atoms with Crippen molar-refractivity contribution in [3.05, 3.63) is 22.7 Å². The van der Waals surface area contributed by atoms with Crippen LogP contribution in [-0.4, -0.2) is 16.1 Å². The standard InChI is InChI=1S/C12H19N3O/c1-3-7-15-8-6-13-10(11(15)16)14-9-12(2)4-5-12/h6,8H,3-5,7,9H2,1-2H3,(H,13,14). The molecule has 88 valence electrons. The van der Waals surface area contributed by atoms with Crippen LogP contribution in [0.15, 0.2) is 17.2 Å². The number of anilines is 1. The van der Waals surface area contributed by atoms with E-state index >= 15 is 0 Å². The molecule has 16 heavy (non-hydrogen) atoms. The first kappa shape index (κ1) is 11.2. The van der Waals surface area contributed by atoms with Gasteiger partial charge in [-0.1, -0.05) is 13.8 Å². The van der Waals surface area contributed by atoms with Crippen molar-refractivity contribution in [3.63, 3.8) is 0 Å². The number of aromatic nitrogens is 2. The molecule has 1 aliphatic carbocycles. The van der Waals surface area contributed by atoms with Gasteiger partial charge in [-0.25, -0.2) is 4.98 Å². The Morgan fingerprint density at radius 1 is 1.56 bits per heavy atom. The van der Waals surface area contributed by atoms with E-state index in [9.17, 15) is 4.79 Å². The van der Waals surface area contributed by atoms with Gasteiger partial charge >= 0.3 is 0 Å². The Bertz CT molecular complexity index is 421. The van der Waals surface area contributed by atoms with Crippen LogP contribution >= 0.6 is 0 Å². The predicted molar refractivity (Wildman–Crippen MR) is 64.6 cm³/mol. The van der Waals surface area contributed by atoms with Crippen LogP contribution in [-0.2, 0) is 6.54 Å². The van der Waals surface area contributed by atoms with E-state index in [0.29, 0.717) is 11.2 Å². The lowest BCUT2D eigenvalue weighted by Gasteiger charge is -2.11. The highest BCUT2D eigenvalue weighted by molar-refractivity contribution is 5.31. The number of nitrogens with one attached hydrogen (secondary N) is 1. The van der Waals surface area contributed by atoms with Gasteiger partial charge < -0.3 is 9.88 Å². The zero-order valence-corrected chi connectivity index (χ0v) is 9.99. The molecule has 1 fully saturated rings. The summed E-state index contributed by atoms with van der Waals surface area (Å²) in [6, 6.07) is 0. The van der Waals surface area contributed by atoms with Crippen molar-refractivity contribution in [1.82, 2.24) is 9.55 Å². The molecule has 0 bridgehead atoms. The van der Waals surface area contributed by atoms with Crippen molar-refractivity contribution in [2.75, 3.05) is 11.9 Å². The molecule has 1 heterocycles. The molecule has 0 amide bonds. The molecule has 0 aliphatic heterocycles. The maximum absolute atomic E-state index is 11.9. The van der Waals surface area contributed by atoms with Crippen LogP contribution in [0.2, 0.25) is 0 Å². The zero-order chi connectivity index (χ0) is 11.6. The molecule has 0 aromatic carbocycles. The molecule has 1 N–H and O–H groups in total. The van der Waals surface area contributed by atoms with Crippen LogP contribution in [0, 0.1) is 5.41 Å². The van der Waals surface area contributed by atoms with Gasteiger partial charge in [-0.15, -0.1) is 0 Å². The smallest absolute Gasteiger partial charge is 0.293 e. The Balaban J connectivity index is 2.08. The molecule has 0 unspecified atom stereocenters. The van der Waals surface area contributed by atoms with Crippen LogP contribution in [0.3, 0.4) is 0 Å². The monoisotopic (exact) mass is 221 g/mol. The molecule has 1 aromatic rings. The lowest BCUT2D eigenvalue weighted by atomic mass is 10.1. The summed E-state index contributed by atoms with van der Waals surface area (Å²) in [5, 5.41) is 3.17. The fourth-order valence-corrected chi connectivity index (χ4v) is 1.67. The molecule has 0 atom stereocenters. The Hall–Kier alpha value is -1.32. The molecular weight excluding hydrogens is 202 g/mol. The molecule has 0 radical (unpaired) electrons. The second kappa shape index (κ2) is 4.28. The molecule has 1 aliphatic rings. The van der Waals surface area contributed by atoms with E-state index in [2.05, 4.69) is 24.1 Å². The minimum Gasteiger partial charge on any atom is -0.365 e. The Labute approximate surface area is 95.7 Å². The fourth-order valence-electron chi connectivity index (χ4n) is 1.67. The first-order valence-corrected chi connectivity index (χ1v) is 5.94. The second-order valence-electron chi connectivity index (χ2n) is 4.94. The van der Waals surface area contributed by atoms with E-state index in [4.69, 9.17) is 0 Å². The van der Waals surface area contributed by atoms with Crippen LogP contribution in [0.25, 0.3) is 0 Å². The third kappa shape index (κ3) is 2.43. The molecule has 0 saturated heterocycles. The van der Waals surface area contributed by atoms with Crippen molar-refractivity contribution in [2.24, 2.45) is 5.41 Å². The molecule has 4 nitrogen and oxygen atoms in total. The van der Waals surface area contributed by atoms with Gasteiger partial charge in [0.1, 0.15) is 0 Å². The van der Waals surface area contributed by atoms with Crippen molar-refractivity contribution in [1.29, 1.82) is 0 Å². The van der Waals surface area contributed by atoms with Crippen molar-refractivity contribution in [3.8, 4) is 0 Å². The molecule has 2 rings (SSSR count). The van der Waals surface area contributed by atoms with Crippen LogP contribution in [0.4, 0.5) is 5.82 Å². The number of rotatable bonds is 5. The van der Waals surface area contributed by atoms with E-state index in [1.807, 2.05) is 0 Å². The van der Waals surface area contributed by atoms with E-state index < -0.39 is 0 Å². The lowest BCUT2D eigenvalue weighted by Crippen LogP contribution is -2.26. The normalized spacial score (nSPS) is 17.1. The topological polar surface area (TPSA) is 46.9 Å². The quantitative estimate of drug-likeness (QED) is 0.825. The highest BCUT2D eigenvalue weighted by Gasteiger charge is 2.37. The fraction of sp³-hybridized carbons (Fsp3) is 0.667. The minimum absolute atomic E-state index is 0.00593. The number of nitrogens with zero attached hydrogens (tertiary/aromatic N) is 2. The van der Waals surface area contributed by atoms with Crippen molar-refractivity contribution < 1.29 is 0 Å². The molecule has 1 saturated carbocycles. The summed E-state index contributed by atoms with van der Waals surface area (Å²) in [5.41, 5.74) is 0.383. The van der Waals surface area contributed by atoms with Gasteiger partial charge in [0.15, 0.2) is 5.82 Å². The highest BCUT2D eigenvalue weighted by Crippen LogP contribution is 2.44. The van der Waals surface area contributed by atoms with Gasteiger partial charge in [0, 0.05) is 25.5 Å². The number of aryl methyl sites for hydroxylation is 1. The first-order chi connectivity index (χ1) is 7.64. The maximum Gasteiger partial charge on any atom is 0.293 e. The Kier molecular flexibility index (Phi) is 2.99. The van der Waals surface area contributed by atoms with Crippen LogP contribution in [0.5, 0.6) is 0 Å². The van der Waals surface area contributed by atoms with Gasteiger partial charge in [-0.2, -0.15) is 0 Å². The van der Waals surface area contributed by atoms with Crippen molar-refractivity contribution >= 4 is 5.82 Å². The molecule has 1 aromatic heterocycles. The summed E-state index contributed by atoms with van der Waals surface area (Å²) >= 11 is 0. The van der Waals surface area contributed by atoms with Crippen LogP contribution in [0.1, 0.15) is 33.1 Å². The maximum atomic E-state index is 11.9. The second-order valence-corrected chi connectivity index (χ2v) is 4.94. The van der Waals surface area contributed by atoms with Gasteiger partial charge in [0.2, 0.25) is 0 Å². The lowest BCUT2D eigenvalue weighted by molar-refractivity contribution is 0.604. The van der Waals surface area contributed by atoms with Gasteiger partial charge in [-0.05, 0) is 24.7 Å². The van der Waals surface area contributed by atoms with Gasteiger partial charge in [0.25, 0.3) is 5.56 Å². The third-order valence-corrected chi connectivity index (χ3v) is 3.16. The SMILES string of the molecule is CCCn1ccnc(NCC2(C)CC2)c1=O. The Morgan fingerprint density at radius 2 is 2.31 bits per heavy atom. The summed E-state index contributed by atoms with van der Waals surface area (Å²) < 4.78 is 1.71. The number of hydrogen-bond donors (Lipinski definition) is 1. The van der Waals surface area contributed by atoms with Crippen LogP contribution < -0.4 is 10.9 Å². The average Bonchev–Trinajstić information content (AvgIpc) is 2.99. The molecular formula is C12H19N3O. The molecule has 0 spiro atoms. The summed E-state index contributed by atoms with van der Waals surface area (Å²) in [7, 11) is 0. The van der Waals surface area contributed by atoms with E-state index in [-0.39, 0.29) is 5.56 Å². The summed E-state index contributed by atoms with van der Waals surface area (Å²) in [5.74, 6) is 0.490. The van der Waals surface area contributed by atoms with Gasteiger partial charge in [0.05, 0.1) is 0 Å². The Morgan fingerprint density at radius 3 is 2.94 bits per heavy atom. The van der Waals surface area contributed by atoms with Crippen molar-refractivity contribution in [2.45, 2.75) is 39.7 Å². The largest absolute Gasteiger partial charge is 0.365 e. The highest BCUT2D eigenvalue weighted by atomic mass is 16.1. The van der Waals surface area contributed by atoms with Gasteiger partial charge in [-0.3, -0.25) is 4.79 Å². The average molecular weight is 221 g/mol. The van der Waals surface area contributed by atoms with E-state index in [1.165, 1.54) is 12.8 Å². The minimum atomic E-state index is -0.00593. The third-order valence-electron chi connectivity index (χ3n) is 3.16. The summed E-state index contributed by atoms with van der Waals surface area (Å²) in [4.78, 5) is 16.0. The summed E-state index contributed by atoms with van der Waals surface area (Å²) in [6.07, 6.45) is 6.89.